The van der Waals surface area contributed by atoms with Crippen molar-refractivity contribution < 1.29 is 9.84 Å². The Bertz CT molecular complexity index is 575. The Labute approximate surface area is 107 Å². The van der Waals surface area contributed by atoms with Gasteiger partial charge in [0.2, 0.25) is 0 Å². The fourth-order valence-electron chi connectivity index (χ4n) is 2.75. The molecule has 18 heavy (non-hydrogen) atoms. The second-order valence-corrected chi connectivity index (χ2v) is 4.63. The highest BCUT2D eigenvalue weighted by Crippen LogP contribution is 2.40. The van der Waals surface area contributed by atoms with Gasteiger partial charge in [0.15, 0.2) is 0 Å². The number of hydrogen-bond donors (Lipinski definition) is 1. The molecule has 0 heterocycles. The maximum Gasteiger partial charge on any atom is 0.126 e. The zero-order chi connectivity index (χ0) is 12.5. The standard InChI is InChI=1S/C16H16O2/c1-18-16-8-3-2-5-14(16)11-6-4-7-13-12(11)9-10-15(13)17/h2-8,15,17H,9-10H2,1H3. The molecule has 2 aromatic carbocycles. The molecule has 2 aromatic rings. The van der Waals surface area contributed by atoms with Gasteiger partial charge in [-0.05, 0) is 35.6 Å². The lowest BCUT2D eigenvalue weighted by Crippen LogP contribution is -1.93. The van der Waals surface area contributed by atoms with E-state index in [9.17, 15) is 5.11 Å². The number of aliphatic hydroxyl groups excluding tert-OH is 1. The molecule has 1 aliphatic carbocycles. The van der Waals surface area contributed by atoms with Crippen LogP contribution < -0.4 is 4.74 Å². The molecule has 1 unspecified atom stereocenters. The number of rotatable bonds is 2. The second-order valence-electron chi connectivity index (χ2n) is 4.63. The minimum Gasteiger partial charge on any atom is -0.496 e. The number of methoxy groups -OCH3 is 1. The Morgan fingerprint density at radius 1 is 1.06 bits per heavy atom. The van der Waals surface area contributed by atoms with Crippen molar-refractivity contribution in [1.29, 1.82) is 0 Å². The van der Waals surface area contributed by atoms with E-state index in [0.717, 1.165) is 29.7 Å². The van der Waals surface area contributed by atoms with E-state index in [1.54, 1.807) is 7.11 Å². The van der Waals surface area contributed by atoms with Gasteiger partial charge in [-0.1, -0.05) is 36.4 Å². The predicted octanol–water partition coefficient (Wildman–Crippen LogP) is 3.34. The van der Waals surface area contributed by atoms with E-state index in [-0.39, 0.29) is 6.10 Å². The van der Waals surface area contributed by atoms with Crippen molar-refractivity contribution >= 4 is 0 Å². The molecule has 0 aliphatic heterocycles. The van der Waals surface area contributed by atoms with Crippen molar-refractivity contribution in [2.24, 2.45) is 0 Å². The van der Waals surface area contributed by atoms with Crippen LogP contribution in [0.2, 0.25) is 0 Å². The van der Waals surface area contributed by atoms with E-state index < -0.39 is 0 Å². The van der Waals surface area contributed by atoms with Gasteiger partial charge < -0.3 is 9.84 Å². The minimum absolute atomic E-state index is 0.311. The van der Waals surface area contributed by atoms with Crippen LogP contribution in [0.4, 0.5) is 0 Å². The van der Waals surface area contributed by atoms with Crippen molar-refractivity contribution in [3.63, 3.8) is 0 Å². The molecule has 0 amide bonds. The lowest BCUT2D eigenvalue weighted by Gasteiger charge is -2.12. The van der Waals surface area contributed by atoms with Crippen molar-refractivity contribution in [2.45, 2.75) is 18.9 Å². The molecule has 0 spiro atoms. The van der Waals surface area contributed by atoms with E-state index in [1.807, 2.05) is 30.3 Å². The highest BCUT2D eigenvalue weighted by molar-refractivity contribution is 5.75. The predicted molar refractivity (Wildman–Crippen MR) is 71.7 cm³/mol. The molecule has 1 atom stereocenters. The van der Waals surface area contributed by atoms with Crippen LogP contribution in [0.5, 0.6) is 5.75 Å². The topological polar surface area (TPSA) is 29.5 Å². The first kappa shape index (κ1) is 11.3. The SMILES string of the molecule is COc1ccccc1-c1cccc2c1CCC2O. The number of hydrogen-bond acceptors (Lipinski definition) is 2. The number of para-hydroxylation sites is 1. The first-order valence-electron chi connectivity index (χ1n) is 6.24. The highest BCUT2D eigenvalue weighted by atomic mass is 16.5. The van der Waals surface area contributed by atoms with E-state index >= 15 is 0 Å². The summed E-state index contributed by atoms with van der Waals surface area (Å²) in [5.74, 6) is 0.882. The molecule has 0 bridgehead atoms. The Kier molecular flexibility index (Phi) is 2.80. The largest absolute Gasteiger partial charge is 0.496 e. The van der Waals surface area contributed by atoms with Gasteiger partial charge in [-0.3, -0.25) is 0 Å². The summed E-state index contributed by atoms with van der Waals surface area (Å²) in [5.41, 5.74) is 4.61. The third kappa shape index (κ3) is 1.70. The summed E-state index contributed by atoms with van der Waals surface area (Å²) in [4.78, 5) is 0. The lowest BCUT2D eigenvalue weighted by molar-refractivity contribution is 0.180. The van der Waals surface area contributed by atoms with Gasteiger partial charge in [0, 0.05) is 5.56 Å². The zero-order valence-electron chi connectivity index (χ0n) is 10.4. The third-order valence-electron chi connectivity index (χ3n) is 3.64. The third-order valence-corrected chi connectivity index (χ3v) is 3.64. The molecule has 0 radical (unpaired) electrons. The first-order chi connectivity index (χ1) is 8.81. The number of benzene rings is 2. The maximum atomic E-state index is 9.95. The van der Waals surface area contributed by atoms with Crippen LogP contribution >= 0.6 is 0 Å². The van der Waals surface area contributed by atoms with Gasteiger partial charge >= 0.3 is 0 Å². The van der Waals surface area contributed by atoms with E-state index in [2.05, 4.69) is 12.1 Å². The second kappa shape index (κ2) is 4.46. The van der Waals surface area contributed by atoms with Gasteiger partial charge in [0.1, 0.15) is 5.75 Å². The summed E-state index contributed by atoms with van der Waals surface area (Å²) in [7, 11) is 1.69. The molecular weight excluding hydrogens is 224 g/mol. The zero-order valence-corrected chi connectivity index (χ0v) is 10.4. The van der Waals surface area contributed by atoms with E-state index in [1.165, 1.54) is 11.1 Å². The van der Waals surface area contributed by atoms with Crippen molar-refractivity contribution in [3.8, 4) is 16.9 Å². The number of ether oxygens (including phenoxy) is 1. The summed E-state index contributed by atoms with van der Waals surface area (Å²) in [6, 6.07) is 14.2. The molecule has 1 aliphatic rings. The van der Waals surface area contributed by atoms with Crippen LogP contribution in [0.15, 0.2) is 42.5 Å². The van der Waals surface area contributed by atoms with Gasteiger partial charge in [-0.25, -0.2) is 0 Å². The number of aliphatic hydroxyl groups is 1. The average Bonchev–Trinajstić information content (AvgIpc) is 2.81. The monoisotopic (exact) mass is 240 g/mol. The average molecular weight is 240 g/mol. The Hall–Kier alpha value is -1.80. The normalized spacial score (nSPS) is 17.6. The van der Waals surface area contributed by atoms with Crippen molar-refractivity contribution in [3.05, 3.63) is 53.6 Å². The maximum absolute atomic E-state index is 9.95. The van der Waals surface area contributed by atoms with Crippen LogP contribution in [0.1, 0.15) is 23.7 Å². The fraction of sp³-hybridized carbons (Fsp3) is 0.250. The van der Waals surface area contributed by atoms with Crippen LogP contribution in [0.25, 0.3) is 11.1 Å². The van der Waals surface area contributed by atoms with Crippen LogP contribution in [-0.4, -0.2) is 12.2 Å². The van der Waals surface area contributed by atoms with Crippen LogP contribution in [0, 0.1) is 0 Å². The van der Waals surface area contributed by atoms with Crippen molar-refractivity contribution in [1.82, 2.24) is 0 Å². The van der Waals surface area contributed by atoms with Crippen LogP contribution in [0.3, 0.4) is 0 Å². The van der Waals surface area contributed by atoms with Gasteiger partial charge in [-0.15, -0.1) is 0 Å². The van der Waals surface area contributed by atoms with Crippen molar-refractivity contribution in [2.75, 3.05) is 7.11 Å². The summed E-state index contributed by atoms with van der Waals surface area (Å²) in [6.45, 7) is 0. The molecule has 2 nitrogen and oxygen atoms in total. The van der Waals surface area contributed by atoms with Gasteiger partial charge in [0.05, 0.1) is 13.2 Å². The molecule has 1 N–H and O–H groups in total. The Morgan fingerprint density at radius 2 is 1.83 bits per heavy atom. The summed E-state index contributed by atoms with van der Waals surface area (Å²) in [6.07, 6.45) is 1.45. The van der Waals surface area contributed by atoms with Gasteiger partial charge in [-0.2, -0.15) is 0 Å². The molecule has 0 saturated heterocycles. The Balaban J connectivity index is 2.19. The lowest BCUT2D eigenvalue weighted by atomic mass is 9.96. The number of fused-ring (bicyclic) bond motifs is 1. The smallest absolute Gasteiger partial charge is 0.126 e. The quantitative estimate of drug-likeness (QED) is 0.872. The molecule has 2 heteroatoms. The first-order valence-corrected chi connectivity index (χ1v) is 6.24. The summed E-state index contributed by atoms with van der Waals surface area (Å²) >= 11 is 0. The molecule has 0 saturated carbocycles. The Morgan fingerprint density at radius 3 is 2.67 bits per heavy atom. The minimum atomic E-state index is -0.311. The van der Waals surface area contributed by atoms with E-state index in [0.29, 0.717) is 0 Å². The van der Waals surface area contributed by atoms with E-state index in [4.69, 9.17) is 4.74 Å². The molecule has 0 aromatic heterocycles. The fourth-order valence-corrected chi connectivity index (χ4v) is 2.75. The summed E-state index contributed by atoms with van der Waals surface area (Å²) in [5, 5.41) is 9.95. The molecule has 3 rings (SSSR count). The van der Waals surface area contributed by atoms with Gasteiger partial charge in [0.25, 0.3) is 0 Å². The molecular formula is C16H16O2. The van der Waals surface area contributed by atoms with Crippen LogP contribution in [-0.2, 0) is 6.42 Å². The molecule has 92 valence electrons. The summed E-state index contributed by atoms with van der Waals surface area (Å²) < 4.78 is 5.42. The molecule has 0 fully saturated rings. The highest BCUT2D eigenvalue weighted by Gasteiger charge is 2.23.